The molecule has 0 bridgehead atoms. The monoisotopic (exact) mass is 270 g/mol. The van der Waals surface area contributed by atoms with Gasteiger partial charge in [0.25, 0.3) is 0 Å². The Hall–Kier alpha value is -1.18. The van der Waals surface area contributed by atoms with Crippen molar-refractivity contribution < 1.29 is 8.42 Å². The average Bonchev–Trinajstić information content (AvgIpc) is 2.32. The van der Waals surface area contributed by atoms with Gasteiger partial charge in [-0.15, -0.1) is 0 Å². The largest absolute Gasteiger partial charge is 0.367 e. The van der Waals surface area contributed by atoms with Gasteiger partial charge in [0.2, 0.25) is 10.0 Å². The van der Waals surface area contributed by atoms with E-state index in [2.05, 4.69) is 10.3 Å². The van der Waals surface area contributed by atoms with Crippen LogP contribution in [0, 0.1) is 0 Å². The highest BCUT2D eigenvalue weighted by molar-refractivity contribution is 7.89. The summed E-state index contributed by atoms with van der Waals surface area (Å²) >= 11 is 0. The Bertz CT molecular complexity index is 492. The van der Waals surface area contributed by atoms with E-state index in [9.17, 15) is 8.42 Å². The van der Waals surface area contributed by atoms with Crippen molar-refractivity contribution in [2.45, 2.75) is 42.7 Å². The molecular weight excluding hydrogens is 252 g/mol. The van der Waals surface area contributed by atoms with E-state index in [-0.39, 0.29) is 4.90 Å². The SMILES string of the molecule is NC1CCC(Nc2ccc(S(N)(=O)=O)cn2)CC1. The van der Waals surface area contributed by atoms with Gasteiger partial charge in [-0.2, -0.15) is 0 Å². The summed E-state index contributed by atoms with van der Waals surface area (Å²) in [4.78, 5) is 4.08. The van der Waals surface area contributed by atoms with Gasteiger partial charge in [0.05, 0.1) is 0 Å². The highest BCUT2D eigenvalue weighted by Crippen LogP contribution is 2.20. The minimum absolute atomic E-state index is 0.0266. The quantitative estimate of drug-likeness (QED) is 0.736. The third kappa shape index (κ3) is 3.41. The number of primary sulfonamides is 1. The molecule has 6 nitrogen and oxygen atoms in total. The molecule has 0 aromatic carbocycles. The Balaban J connectivity index is 1.98. The molecule has 18 heavy (non-hydrogen) atoms. The van der Waals surface area contributed by atoms with Gasteiger partial charge in [0.1, 0.15) is 10.7 Å². The Kier molecular flexibility index (Phi) is 3.84. The van der Waals surface area contributed by atoms with Crippen LogP contribution < -0.4 is 16.2 Å². The zero-order valence-corrected chi connectivity index (χ0v) is 10.9. The molecule has 5 N–H and O–H groups in total. The number of nitrogens with zero attached hydrogens (tertiary/aromatic N) is 1. The minimum Gasteiger partial charge on any atom is -0.367 e. The molecule has 0 radical (unpaired) electrons. The van der Waals surface area contributed by atoms with E-state index >= 15 is 0 Å². The normalized spacial score (nSPS) is 24.8. The minimum atomic E-state index is -3.67. The molecule has 1 aliphatic carbocycles. The summed E-state index contributed by atoms with van der Waals surface area (Å²) < 4.78 is 22.1. The second kappa shape index (κ2) is 5.21. The molecule has 0 unspecified atom stereocenters. The highest BCUT2D eigenvalue weighted by atomic mass is 32.2. The molecular formula is C11H18N4O2S. The molecule has 1 saturated carbocycles. The lowest BCUT2D eigenvalue weighted by atomic mass is 9.92. The molecule has 0 saturated heterocycles. The third-order valence-electron chi connectivity index (χ3n) is 3.19. The van der Waals surface area contributed by atoms with E-state index in [0.29, 0.717) is 17.9 Å². The van der Waals surface area contributed by atoms with Gasteiger partial charge >= 0.3 is 0 Å². The second-order valence-corrected chi connectivity index (χ2v) is 6.24. The summed E-state index contributed by atoms with van der Waals surface area (Å²) in [6.45, 7) is 0. The number of nitrogens with two attached hydrogens (primary N) is 2. The van der Waals surface area contributed by atoms with Crippen LogP contribution >= 0.6 is 0 Å². The first-order valence-corrected chi connectivity index (χ1v) is 7.51. The van der Waals surface area contributed by atoms with Crippen molar-refractivity contribution in [2.24, 2.45) is 10.9 Å². The number of aromatic nitrogens is 1. The van der Waals surface area contributed by atoms with Crippen LogP contribution in [-0.4, -0.2) is 25.5 Å². The number of anilines is 1. The predicted octanol–water partition coefficient (Wildman–Crippen LogP) is 0.411. The van der Waals surface area contributed by atoms with E-state index in [1.807, 2.05) is 0 Å². The van der Waals surface area contributed by atoms with Crippen LogP contribution in [0.3, 0.4) is 0 Å². The zero-order chi connectivity index (χ0) is 13.2. The molecule has 1 aromatic rings. The van der Waals surface area contributed by atoms with Gasteiger partial charge in [-0.1, -0.05) is 0 Å². The third-order valence-corrected chi connectivity index (χ3v) is 4.09. The number of sulfonamides is 1. The van der Waals surface area contributed by atoms with Crippen molar-refractivity contribution in [1.29, 1.82) is 0 Å². The maximum Gasteiger partial charge on any atom is 0.239 e. The van der Waals surface area contributed by atoms with Gasteiger partial charge in [-0.25, -0.2) is 18.5 Å². The first kappa shape index (κ1) is 13.3. The fourth-order valence-corrected chi connectivity index (χ4v) is 2.56. The van der Waals surface area contributed by atoms with Crippen LogP contribution in [0.2, 0.25) is 0 Å². The Labute approximate surface area is 107 Å². The molecule has 0 amide bonds. The molecule has 0 aliphatic heterocycles. The van der Waals surface area contributed by atoms with E-state index in [4.69, 9.17) is 10.9 Å². The lowest BCUT2D eigenvalue weighted by Crippen LogP contribution is -2.33. The molecule has 1 fully saturated rings. The smallest absolute Gasteiger partial charge is 0.239 e. The van der Waals surface area contributed by atoms with Gasteiger partial charge in [-0.05, 0) is 37.8 Å². The topological polar surface area (TPSA) is 111 Å². The molecule has 1 aromatic heterocycles. The van der Waals surface area contributed by atoms with Crippen LogP contribution in [0.1, 0.15) is 25.7 Å². The summed E-state index contributed by atoms with van der Waals surface area (Å²) in [6.07, 6.45) is 5.31. The number of hydrogen-bond donors (Lipinski definition) is 3. The van der Waals surface area contributed by atoms with Gasteiger partial charge in [-0.3, -0.25) is 0 Å². The van der Waals surface area contributed by atoms with Crippen molar-refractivity contribution in [3.05, 3.63) is 18.3 Å². The van der Waals surface area contributed by atoms with Crippen molar-refractivity contribution >= 4 is 15.8 Å². The molecule has 7 heteroatoms. The molecule has 2 rings (SSSR count). The number of nitrogens with one attached hydrogen (secondary N) is 1. The van der Waals surface area contributed by atoms with Gasteiger partial charge in [0, 0.05) is 18.3 Å². The van der Waals surface area contributed by atoms with E-state index in [1.54, 1.807) is 6.07 Å². The van der Waals surface area contributed by atoms with Crippen molar-refractivity contribution in [1.82, 2.24) is 4.98 Å². The summed E-state index contributed by atoms with van der Waals surface area (Å²) in [6, 6.07) is 3.76. The Morgan fingerprint density at radius 1 is 1.22 bits per heavy atom. The second-order valence-electron chi connectivity index (χ2n) is 4.68. The maximum atomic E-state index is 11.1. The van der Waals surface area contributed by atoms with E-state index in [0.717, 1.165) is 25.7 Å². The predicted molar refractivity (Wildman–Crippen MR) is 69.5 cm³/mol. The molecule has 0 atom stereocenters. The number of hydrogen-bond acceptors (Lipinski definition) is 5. The fourth-order valence-electron chi connectivity index (χ4n) is 2.11. The van der Waals surface area contributed by atoms with E-state index in [1.165, 1.54) is 12.3 Å². The van der Waals surface area contributed by atoms with E-state index < -0.39 is 10.0 Å². The van der Waals surface area contributed by atoms with Crippen molar-refractivity contribution in [3.63, 3.8) is 0 Å². The summed E-state index contributed by atoms with van der Waals surface area (Å²) in [5.41, 5.74) is 5.83. The van der Waals surface area contributed by atoms with Crippen LogP contribution in [0.15, 0.2) is 23.2 Å². The summed E-state index contributed by atoms with van der Waals surface area (Å²) in [7, 11) is -3.67. The fraction of sp³-hybridized carbons (Fsp3) is 0.545. The van der Waals surface area contributed by atoms with Crippen LogP contribution in [0.5, 0.6) is 0 Å². The Morgan fingerprint density at radius 2 is 1.89 bits per heavy atom. The zero-order valence-electron chi connectivity index (χ0n) is 10.0. The van der Waals surface area contributed by atoms with Crippen molar-refractivity contribution in [2.75, 3.05) is 5.32 Å². The first-order chi connectivity index (χ1) is 8.45. The van der Waals surface area contributed by atoms with Crippen molar-refractivity contribution in [3.8, 4) is 0 Å². The number of pyridine rings is 1. The average molecular weight is 270 g/mol. The van der Waals surface area contributed by atoms with Crippen LogP contribution in [0.25, 0.3) is 0 Å². The molecule has 0 spiro atoms. The molecule has 1 aliphatic rings. The van der Waals surface area contributed by atoms with Crippen LogP contribution in [0.4, 0.5) is 5.82 Å². The lowest BCUT2D eigenvalue weighted by molar-refractivity contribution is 0.410. The summed E-state index contributed by atoms with van der Waals surface area (Å²) in [5.74, 6) is 0.669. The molecule has 1 heterocycles. The standard InChI is InChI=1S/C11H18N4O2S/c12-8-1-3-9(4-2-8)15-11-6-5-10(7-14-11)18(13,16)17/h5-9H,1-4,12H2,(H,14,15)(H2,13,16,17). The summed E-state index contributed by atoms with van der Waals surface area (Å²) in [5, 5.41) is 8.28. The maximum absolute atomic E-state index is 11.1. The van der Waals surface area contributed by atoms with Gasteiger partial charge < -0.3 is 11.1 Å². The lowest BCUT2D eigenvalue weighted by Gasteiger charge is -2.27. The number of rotatable bonds is 3. The van der Waals surface area contributed by atoms with Gasteiger partial charge in [0.15, 0.2) is 0 Å². The highest BCUT2D eigenvalue weighted by Gasteiger charge is 2.18. The molecule has 100 valence electrons. The van der Waals surface area contributed by atoms with Crippen LogP contribution in [-0.2, 0) is 10.0 Å². The Morgan fingerprint density at radius 3 is 2.39 bits per heavy atom. The first-order valence-electron chi connectivity index (χ1n) is 5.96.